The highest BCUT2D eigenvalue weighted by atomic mass is 16.1. The average molecular weight is 311 g/mol. The molecule has 1 amide bonds. The number of aromatic nitrogens is 1. The van der Waals surface area contributed by atoms with Crippen LogP contribution in [0.5, 0.6) is 0 Å². The van der Waals surface area contributed by atoms with Gasteiger partial charge >= 0.3 is 0 Å². The Bertz CT molecular complexity index is 663. The highest BCUT2D eigenvalue weighted by Crippen LogP contribution is 2.14. The van der Waals surface area contributed by atoms with Crippen LogP contribution >= 0.6 is 0 Å². The van der Waals surface area contributed by atoms with Crippen LogP contribution in [0.2, 0.25) is 0 Å². The van der Waals surface area contributed by atoms with E-state index in [2.05, 4.69) is 29.5 Å². The third-order valence-electron chi connectivity index (χ3n) is 3.82. The molecule has 0 spiro atoms. The summed E-state index contributed by atoms with van der Waals surface area (Å²) in [5.74, 6) is 1.09. The lowest BCUT2D eigenvalue weighted by molar-refractivity contribution is 0.102. The van der Waals surface area contributed by atoms with E-state index in [1.807, 2.05) is 44.2 Å². The molecule has 2 rings (SSSR count). The van der Waals surface area contributed by atoms with Crippen molar-refractivity contribution < 1.29 is 4.79 Å². The van der Waals surface area contributed by atoms with Gasteiger partial charge in [-0.2, -0.15) is 0 Å². The SMILES string of the molecule is Cc1ccc(C(=O)Nc2ccc(NCCC(C)C)cn2)cc1C. The zero-order valence-corrected chi connectivity index (χ0v) is 14.3. The first-order valence-corrected chi connectivity index (χ1v) is 8.04. The minimum Gasteiger partial charge on any atom is -0.384 e. The Morgan fingerprint density at radius 2 is 1.91 bits per heavy atom. The molecule has 0 unspecified atom stereocenters. The van der Waals surface area contributed by atoms with Crippen molar-refractivity contribution in [3.8, 4) is 0 Å². The van der Waals surface area contributed by atoms with Crippen molar-refractivity contribution in [2.45, 2.75) is 34.1 Å². The number of hydrogen-bond donors (Lipinski definition) is 2. The predicted molar refractivity (Wildman–Crippen MR) is 96.1 cm³/mol. The number of amides is 1. The van der Waals surface area contributed by atoms with E-state index in [0.29, 0.717) is 17.3 Å². The fourth-order valence-electron chi connectivity index (χ4n) is 2.15. The third-order valence-corrected chi connectivity index (χ3v) is 3.82. The van der Waals surface area contributed by atoms with Gasteiger partial charge in [0.15, 0.2) is 0 Å². The summed E-state index contributed by atoms with van der Waals surface area (Å²) in [7, 11) is 0. The summed E-state index contributed by atoms with van der Waals surface area (Å²) >= 11 is 0. The van der Waals surface area contributed by atoms with Gasteiger partial charge in [-0.05, 0) is 61.6 Å². The van der Waals surface area contributed by atoms with Crippen LogP contribution in [0.3, 0.4) is 0 Å². The normalized spacial score (nSPS) is 10.7. The molecule has 23 heavy (non-hydrogen) atoms. The Kier molecular flexibility index (Phi) is 5.74. The number of aryl methyl sites for hydroxylation is 2. The maximum atomic E-state index is 12.2. The van der Waals surface area contributed by atoms with Crippen LogP contribution in [-0.4, -0.2) is 17.4 Å². The van der Waals surface area contributed by atoms with E-state index >= 15 is 0 Å². The van der Waals surface area contributed by atoms with E-state index < -0.39 is 0 Å². The van der Waals surface area contributed by atoms with Crippen LogP contribution in [-0.2, 0) is 0 Å². The number of nitrogens with zero attached hydrogens (tertiary/aromatic N) is 1. The molecule has 0 atom stereocenters. The standard InChI is InChI=1S/C19H25N3O/c1-13(2)9-10-20-17-7-8-18(21-12-17)22-19(23)16-6-5-14(3)15(4)11-16/h5-8,11-13,20H,9-10H2,1-4H3,(H,21,22,23). The summed E-state index contributed by atoms with van der Waals surface area (Å²) in [6.07, 6.45) is 2.86. The van der Waals surface area contributed by atoms with Crippen molar-refractivity contribution in [2.75, 3.05) is 17.2 Å². The van der Waals surface area contributed by atoms with Crippen LogP contribution in [0.15, 0.2) is 36.5 Å². The summed E-state index contributed by atoms with van der Waals surface area (Å²) in [4.78, 5) is 16.5. The molecule has 4 nitrogen and oxygen atoms in total. The Balaban J connectivity index is 1.94. The molecule has 0 bridgehead atoms. The molecule has 2 N–H and O–H groups in total. The molecule has 0 radical (unpaired) electrons. The Morgan fingerprint density at radius 3 is 2.52 bits per heavy atom. The van der Waals surface area contributed by atoms with Gasteiger partial charge in [0.05, 0.1) is 11.9 Å². The maximum absolute atomic E-state index is 12.2. The molecule has 4 heteroatoms. The molecule has 0 aliphatic carbocycles. The Hall–Kier alpha value is -2.36. The number of anilines is 2. The second-order valence-corrected chi connectivity index (χ2v) is 6.29. The van der Waals surface area contributed by atoms with Crippen LogP contribution < -0.4 is 10.6 Å². The van der Waals surface area contributed by atoms with Crippen molar-refractivity contribution in [3.05, 3.63) is 53.2 Å². The van der Waals surface area contributed by atoms with Gasteiger partial charge in [0, 0.05) is 12.1 Å². The smallest absolute Gasteiger partial charge is 0.256 e. The Morgan fingerprint density at radius 1 is 1.13 bits per heavy atom. The van der Waals surface area contributed by atoms with Crippen molar-refractivity contribution in [1.82, 2.24) is 4.98 Å². The number of carbonyl (C=O) groups excluding carboxylic acids is 1. The zero-order valence-electron chi connectivity index (χ0n) is 14.3. The zero-order chi connectivity index (χ0) is 16.8. The van der Waals surface area contributed by atoms with E-state index in [0.717, 1.165) is 24.2 Å². The summed E-state index contributed by atoms with van der Waals surface area (Å²) in [6, 6.07) is 9.44. The highest BCUT2D eigenvalue weighted by molar-refractivity contribution is 6.03. The first kappa shape index (κ1) is 17.0. The molecule has 0 aliphatic rings. The number of nitrogens with one attached hydrogen (secondary N) is 2. The van der Waals surface area contributed by atoms with Crippen molar-refractivity contribution >= 4 is 17.4 Å². The number of benzene rings is 1. The second kappa shape index (κ2) is 7.77. The first-order chi connectivity index (χ1) is 11.0. The van der Waals surface area contributed by atoms with Gasteiger partial charge in [-0.3, -0.25) is 4.79 Å². The van der Waals surface area contributed by atoms with Gasteiger partial charge in [0.2, 0.25) is 0 Å². The molecular formula is C19H25N3O. The van der Waals surface area contributed by atoms with Gasteiger partial charge in [-0.25, -0.2) is 4.98 Å². The molecule has 0 saturated carbocycles. The lowest BCUT2D eigenvalue weighted by Crippen LogP contribution is -2.13. The first-order valence-electron chi connectivity index (χ1n) is 8.04. The number of carbonyl (C=O) groups is 1. The van der Waals surface area contributed by atoms with Gasteiger partial charge in [-0.15, -0.1) is 0 Å². The fourth-order valence-corrected chi connectivity index (χ4v) is 2.15. The van der Waals surface area contributed by atoms with E-state index in [9.17, 15) is 4.79 Å². The van der Waals surface area contributed by atoms with Gasteiger partial charge in [-0.1, -0.05) is 19.9 Å². The van der Waals surface area contributed by atoms with Crippen LogP contribution in [0.1, 0.15) is 41.8 Å². The average Bonchev–Trinajstić information content (AvgIpc) is 2.51. The molecule has 2 aromatic rings. The molecule has 122 valence electrons. The molecule has 0 fully saturated rings. The minimum absolute atomic E-state index is 0.138. The molecular weight excluding hydrogens is 286 g/mol. The van der Waals surface area contributed by atoms with E-state index in [1.54, 1.807) is 6.20 Å². The lowest BCUT2D eigenvalue weighted by Gasteiger charge is -2.09. The summed E-state index contributed by atoms with van der Waals surface area (Å²) < 4.78 is 0. The predicted octanol–water partition coefficient (Wildman–Crippen LogP) is 4.41. The largest absolute Gasteiger partial charge is 0.384 e. The topological polar surface area (TPSA) is 54.0 Å². The quantitative estimate of drug-likeness (QED) is 0.831. The van der Waals surface area contributed by atoms with E-state index in [4.69, 9.17) is 0 Å². The van der Waals surface area contributed by atoms with E-state index in [1.165, 1.54) is 5.56 Å². The van der Waals surface area contributed by atoms with Crippen molar-refractivity contribution in [1.29, 1.82) is 0 Å². The number of rotatable bonds is 6. The third kappa shape index (κ3) is 5.09. The Labute approximate surface area is 138 Å². The monoisotopic (exact) mass is 311 g/mol. The van der Waals surface area contributed by atoms with Gasteiger partial charge < -0.3 is 10.6 Å². The van der Waals surface area contributed by atoms with Crippen molar-refractivity contribution in [2.24, 2.45) is 5.92 Å². The molecule has 1 heterocycles. The number of pyridine rings is 1. The molecule has 1 aromatic heterocycles. The van der Waals surface area contributed by atoms with Gasteiger partial charge in [0.1, 0.15) is 5.82 Å². The number of hydrogen-bond acceptors (Lipinski definition) is 3. The maximum Gasteiger partial charge on any atom is 0.256 e. The summed E-state index contributed by atoms with van der Waals surface area (Å²) in [5, 5.41) is 6.16. The van der Waals surface area contributed by atoms with E-state index in [-0.39, 0.29) is 5.91 Å². The minimum atomic E-state index is -0.138. The van der Waals surface area contributed by atoms with Gasteiger partial charge in [0.25, 0.3) is 5.91 Å². The van der Waals surface area contributed by atoms with Crippen LogP contribution in [0, 0.1) is 19.8 Å². The molecule has 1 aromatic carbocycles. The highest BCUT2D eigenvalue weighted by Gasteiger charge is 2.08. The van der Waals surface area contributed by atoms with Crippen LogP contribution in [0.4, 0.5) is 11.5 Å². The lowest BCUT2D eigenvalue weighted by atomic mass is 10.1. The van der Waals surface area contributed by atoms with Crippen molar-refractivity contribution in [3.63, 3.8) is 0 Å². The summed E-state index contributed by atoms with van der Waals surface area (Å²) in [6.45, 7) is 9.36. The van der Waals surface area contributed by atoms with Crippen LogP contribution in [0.25, 0.3) is 0 Å². The molecule has 0 saturated heterocycles. The fraction of sp³-hybridized carbons (Fsp3) is 0.368. The second-order valence-electron chi connectivity index (χ2n) is 6.29. The molecule has 0 aliphatic heterocycles. The summed E-state index contributed by atoms with van der Waals surface area (Å²) in [5.41, 5.74) is 3.90.